The maximum absolute atomic E-state index is 13.9. The minimum absolute atomic E-state index is 0.0612. The molecule has 12 amide bonds. The smallest absolute Gasteiger partial charge is 0.408 e. The Morgan fingerprint density at radius 3 is 0.718 bits per heavy atom. The Kier molecular flexibility index (Phi) is 30.2. The van der Waals surface area contributed by atoms with Gasteiger partial charge in [-0.05, 0) is 153 Å². The van der Waals surface area contributed by atoms with E-state index in [1.165, 1.54) is 90.2 Å². The molecule has 486 valence electrons. The van der Waals surface area contributed by atoms with Crippen molar-refractivity contribution in [2.24, 2.45) is 23.7 Å². The molecule has 0 rings (SSSR count). The van der Waals surface area contributed by atoms with Gasteiger partial charge in [0.05, 0.1) is 7.11 Å². The predicted octanol–water partition coefficient (Wildman–Crippen LogP) is 1.29. The number of methoxy groups -OCH3 is 1. The molecule has 0 aromatic rings. The van der Waals surface area contributed by atoms with E-state index in [-0.39, 0.29) is 49.4 Å². The topological polar surface area (TPSA) is 385 Å². The Balaban J connectivity index is 5.97. The maximum atomic E-state index is 13.9. The van der Waals surface area contributed by atoms with Gasteiger partial charge in [-0.25, -0.2) is 9.59 Å². The SMILES string of the molecule is COC(=O)C(C)(C)NC(=O)[C@H](CC(C)C)NC(=O)[C@H](C)NC(=O)C(C)(C)NC(=O)[C@H](CC(C)C)NC(=O)[C@H](C)NC(=O)C(C)(C)NC(=O)[C@H](CC(C)C)NC(=O)[C@H](C)NC(=O)C(C)(C)NC(=O)[C@H](CC(C)C)NC(=O)[C@H](C)NC(=O)OC(C)(C)C. The number of hydrogen-bond donors (Lipinski definition) is 12. The Morgan fingerprint density at radius 2 is 0.518 bits per heavy atom. The number of carbonyl (C=O) groups is 13. The monoisotopic (exact) mass is 1210 g/mol. The summed E-state index contributed by atoms with van der Waals surface area (Å²) in [6.45, 7) is 36.2. The lowest BCUT2D eigenvalue weighted by Crippen LogP contribution is -2.64. The van der Waals surface area contributed by atoms with E-state index in [9.17, 15) is 62.3 Å². The summed E-state index contributed by atoms with van der Waals surface area (Å²) in [5, 5.41) is 31.1. The number of amides is 12. The fourth-order valence-corrected chi connectivity index (χ4v) is 7.93. The van der Waals surface area contributed by atoms with Crippen LogP contribution in [0, 0.1) is 23.7 Å². The fourth-order valence-electron chi connectivity index (χ4n) is 7.93. The molecule has 0 aliphatic rings. The van der Waals surface area contributed by atoms with Gasteiger partial charge in [0.1, 0.15) is 76.1 Å². The number of hydrogen-bond acceptors (Lipinski definition) is 15. The van der Waals surface area contributed by atoms with Crippen molar-refractivity contribution in [2.75, 3.05) is 7.11 Å². The quantitative estimate of drug-likeness (QED) is 0.0423. The first kappa shape index (κ1) is 77.9. The van der Waals surface area contributed by atoms with Gasteiger partial charge in [-0.3, -0.25) is 52.7 Å². The zero-order valence-corrected chi connectivity index (χ0v) is 54.9. The van der Waals surface area contributed by atoms with Crippen molar-refractivity contribution >= 4 is 77.0 Å². The van der Waals surface area contributed by atoms with Crippen LogP contribution < -0.4 is 63.8 Å². The normalized spacial score (nSPS) is 15.0. The molecule has 27 nitrogen and oxygen atoms in total. The molecule has 0 radical (unpaired) electrons. The van der Waals surface area contributed by atoms with Crippen LogP contribution in [0.2, 0.25) is 0 Å². The highest BCUT2D eigenvalue weighted by atomic mass is 16.6. The summed E-state index contributed by atoms with van der Waals surface area (Å²) < 4.78 is 9.98. The van der Waals surface area contributed by atoms with Gasteiger partial charge in [-0.15, -0.1) is 0 Å². The van der Waals surface area contributed by atoms with E-state index >= 15 is 0 Å². The lowest BCUT2D eigenvalue weighted by atomic mass is 9.98. The van der Waals surface area contributed by atoms with Gasteiger partial charge >= 0.3 is 12.1 Å². The van der Waals surface area contributed by atoms with Crippen molar-refractivity contribution in [2.45, 2.75) is 261 Å². The largest absolute Gasteiger partial charge is 0.467 e. The van der Waals surface area contributed by atoms with Crippen LogP contribution in [-0.4, -0.2) is 160 Å². The standard InChI is InChI=1S/C58H104N12O15/c1-29(2)25-37(64-42(72)34(10)60-51(81)57(20,21)69-47(77)39(27-31(5)6)66-44(74)36(12)62-53(83)85-54(13,14)15)45(75)67-55(16,17)49(79)59-33(9)41(71)63-38(26-30(3)4)46(76)68-56(18,19)50(80)61-35(11)43(73)65-40(28-32(7)8)48(78)70-58(22,23)52(82)84-24/h29-40H,25-28H2,1-24H3,(H,59,79)(H,60,81)(H,61,80)(H,62,83)(H,63,71)(H,64,72)(H,65,73)(H,66,74)(H,67,75)(H,68,76)(H,69,77)(H,70,78)/t33-,34-,35-,36-,37-,38-,39-,40-/m0/s1. The number of alkyl carbamates (subject to hydrolysis) is 1. The first-order valence-corrected chi connectivity index (χ1v) is 29.0. The summed E-state index contributed by atoms with van der Waals surface area (Å²) in [5.74, 6) is -9.39. The zero-order chi connectivity index (χ0) is 66.7. The van der Waals surface area contributed by atoms with Crippen LogP contribution >= 0.6 is 0 Å². The third-order valence-electron chi connectivity index (χ3n) is 12.9. The molecule has 0 spiro atoms. The number of esters is 1. The molecule has 8 atom stereocenters. The van der Waals surface area contributed by atoms with Crippen molar-refractivity contribution in [1.82, 2.24) is 63.8 Å². The Labute approximate surface area is 502 Å². The summed E-state index contributed by atoms with van der Waals surface area (Å²) in [7, 11) is 1.18. The first-order valence-electron chi connectivity index (χ1n) is 29.0. The van der Waals surface area contributed by atoms with Crippen LogP contribution in [-0.2, 0) is 67.0 Å². The molecular weight excluding hydrogens is 1100 g/mol. The van der Waals surface area contributed by atoms with Crippen molar-refractivity contribution in [3.8, 4) is 0 Å². The Bertz CT molecular complexity index is 2400. The van der Waals surface area contributed by atoms with Crippen LogP contribution in [0.4, 0.5) is 4.79 Å². The van der Waals surface area contributed by atoms with Gasteiger partial charge < -0.3 is 73.3 Å². The summed E-state index contributed by atoms with van der Waals surface area (Å²) in [5.41, 5.74) is -7.21. The molecule has 0 aromatic carbocycles. The van der Waals surface area contributed by atoms with Gasteiger partial charge in [0, 0.05) is 0 Å². The third kappa shape index (κ3) is 28.1. The van der Waals surface area contributed by atoms with Gasteiger partial charge in [0.2, 0.25) is 65.0 Å². The van der Waals surface area contributed by atoms with E-state index in [4.69, 9.17) is 9.47 Å². The lowest BCUT2D eigenvalue weighted by Gasteiger charge is -2.32. The third-order valence-corrected chi connectivity index (χ3v) is 12.9. The number of carbonyl (C=O) groups excluding carboxylic acids is 13. The van der Waals surface area contributed by atoms with E-state index in [0.29, 0.717) is 0 Å². The molecule has 0 aromatic heterocycles. The lowest BCUT2D eigenvalue weighted by molar-refractivity contribution is -0.149. The molecule has 0 fully saturated rings. The van der Waals surface area contributed by atoms with Crippen LogP contribution in [0.25, 0.3) is 0 Å². The van der Waals surface area contributed by atoms with Gasteiger partial charge in [0.15, 0.2) is 0 Å². The van der Waals surface area contributed by atoms with E-state index in [0.717, 1.165) is 0 Å². The minimum Gasteiger partial charge on any atom is -0.467 e. The average molecular weight is 1210 g/mol. The summed E-state index contributed by atoms with van der Waals surface area (Å²) in [4.78, 5) is 174. The Morgan fingerprint density at radius 1 is 0.306 bits per heavy atom. The predicted molar refractivity (Wildman–Crippen MR) is 318 cm³/mol. The van der Waals surface area contributed by atoms with E-state index < -0.39 is 153 Å². The average Bonchev–Trinajstić information content (AvgIpc) is 3.56. The molecule has 0 aliphatic heterocycles. The first-order chi connectivity index (χ1) is 38.5. The molecule has 0 aliphatic carbocycles. The fraction of sp³-hybridized carbons (Fsp3) is 0.776. The molecular formula is C58H104N12O15. The number of rotatable bonds is 32. The maximum Gasteiger partial charge on any atom is 0.408 e. The molecule has 27 heteroatoms. The van der Waals surface area contributed by atoms with Gasteiger partial charge in [0.25, 0.3) is 0 Å². The molecule has 0 saturated heterocycles. The van der Waals surface area contributed by atoms with Crippen LogP contribution in [0.1, 0.15) is 185 Å². The van der Waals surface area contributed by atoms with Crippen LogP contribution in [0.15, 0.2) is 0 Å². The van der Waals surface area contributed by atoms with Gasteiger partial charge in [-0.1, -0.05) is 55.4 Å². The van der Waals surface area contributed by atoms with E-state index in [2.05, 4.69) is 63.8 Å². The van der Waals surface area contributed by atoms with E-state index in [1.807, 2.05) is 27.7 Å². The number of ether oxygens (including phenoxy) is 2. The van der Waals surface area contributed by atoms with Gasteiger partial charge in [-0.2, -0.15) is 0 Å². The molecule has 0 saturated carbocycles. The zero-order valence-electron chi connectivity index (χ0n) is 54.9. The second kappa shape index (κ2) is 33.0. The second-order valence-corrected chi connectivity index (χ2v) is 26.7. The molecule has 85 heavy (non-hydrogen) atoms. The highest BCUT2D eigenvalue weighted by Crippen LogP contribution is 2.16. The van der Waals surface area contributed by atoms with Crippen LogP contribution in [0.3, 0.4) is 0 Å². The highest BCUT2D eigenvalue weighted by molar-refractivity contribution is 6.01. The molecule has 0 heterocycles. The summed E-state index contributed by atoms with van der Waals surface area (Å²) in [6.07, 6.45) is -0.272. The van der Waals surface area contributed by atoms with Crippen molar-refractivity contribution in [3.63, 3.8) is 0 Å². The van der Waals surface area contributed by atoms with Crippen molar-refractivity contribution < 1.29 is 71.8 Å². The molecule has 0 bridgehead atoms. The van der Waals surface area contributed by atoms with Crippen molar-refractivity contribution in [1.29, 1.82) is 0 Å². The Hall–Kier alpha value is -7.09. The summed E-state index contributed by atoms with van der Waals surface area (Å²) >= 11 is 0. The minimum atomic E-state index is -1.70. The highest BCUT2D eigenvalue weighted by Gasteiger charge is 2.41. The van der Waals surface area contributed by atoms with Crippen molar-refractivity contribution in [3.05, 3.63) is 0 Å². The summed E-state index contributed by atoms with van der Waals surface area (Å²) in [6, 6.07) is -9.48. The van der Waals surface area contributed by atoms with E-state index in [1.54, 1.807) is 48.5 Å². The molecule has 12 N–H and O–H groups in total. The van der Waals surface area contributed by atoms with Crippen LogP contribution in [0.5, 0.6) is 0 Å². The second-order valence-electron chi connectivity index (χ2n) is 26.7. The molecule has 0 unspecified atom stereocenters. The number of nitrogens with one attached hydrogen (secondary N) is 12.